The number of anilines is 1. The fraction of sp³-hybridized carbons (Fsp3) is 0.174. The highest BCUT2D eigenvalue weighted by molar-refractivity contribution is 5.81. The number of aryl methyl sites for hydroxylation is 1. The molecular weight excluding hydrogens is 362 g/mol. The van der Waals surface area contributed by atoms with Gasteiger partial charge in [-0.15, -0.1) is 0 Å². The number of ether oxygens (including phenoxy) is 1. The Morgan fingerprint density at radius 1 is 1.10 bits per heavy atom. The topological polar surface area (TPSA) is 75.8 Å². The highest BCUT2D eigenvalue weighted by Gasteiger charge is 2.08. The molecule has 1 N–H and O–H groups in total. The van der Waals surface area contributed by atoms with E-state index in [0.29, 0.717) is 11.3 Å². The highest BCUT2D eigenvalue weighted by Crippen LogP contribution is 2.26. The number of hydrogen-bond donors (Lipinski definition) is 1. The summed E-state index contributed by atoms with van der Waals surface area (Å²) in [5.74, 6) is 1.29. The lowest BCUT2D eigenvalue weighted by Gasteiger charge is -2.11. The minimum atomic E-state index is 0.498. The number of para-hydroxylation sites is 1. The molecule has 0 saturated heterocycles. The molecule has 144 valence electrons. The van der Waals surface area contributed by atoms with Gasteiger partial charge in [-0.2, -0.15) is 5.26 Å². The number of hydrogen-bond acceptors (Lipinski definition) is 5. The summed E-state index contributed by atoms with van der Waals surface area (Å²) in [7, 11) is 1.56. The zero-order chi connectivity index (χ0) is 20.2. The maximum absolute atomic E-state index is 9.15. The third-order valence-corrected chi connectivity index (χ3v) is 4.94. The van der Waals surface area contributed by atoms with E-state index in [0.717, 1.165) is 30.2 Å². The Balaban J connectivity index is 1.50. The summed E-state index contributed by atoms with van der Waals surface area (Å²) in [5, 5.41) is 13.8. The van der Waals surface area contributed by atoms with Gasteiger partial charge in [-0.3, -0.25) is 0 Å². The van der Waals surface area contributed by atoms with E-state index in [1.165, 1.54) is 16.6 Å². The van der Waals surface area contributed by atoms with Gasteiger partial charge in [-0.05, 0) is 36.6 Å². The normalized spacial score (nSPS) is 10.7. The van der Waals surface area contributed by atoms with Crippen LogP contribution in [0.15, 0.2) is 60.9 Å². The second-order valence-corrected chi connectivity index (χ2v) is 6.74. The van der Waals surface area contributed by atoms with Gasteiger partial charge in [0.1, 0.15) is 24.0 Å². The third kappa shape index (κ3) is 3.76. The predicted molar refractivity (Wildman–Crippen MR) is 114 cm³/mol. The first-order valence-corrected chi connectivity index (χ1v) is 9.39. The van der Waals surface area contributed by atoms with Crippen LogP contribution in [0.4, 0.5) is 5.82 Å². The molecule has 2 aromatic heterocycles. The number of rotatable bonds is 6. The summed E-state index contributed by atoms with van der Waals surface area (Å²) in [5.41, 5.74) is 4.62. The molecule has 0 aliphatic carbocycles. The molecule has 0 spiro atoms. The number of aromatic nitrogens is 3. The van der Waals surface area contributed by atoms with Gasteiger partial charge >= 0.3 is 0 Å². The van der Waals surface area contributed by atoms with E-state index in [1.54, 1.807) is 19.5 Å². The SMILES string of the molecule is COc1cc(-c2cc(NCCn3c(C)cc4ccccc43)ncn2)ccc1C#N. The Morgan fingerprint density at radius 2 is 1.97 bits per heavy atom. The Morgan fingerprint density at radius 3 is 2.79 bits per heavy atom. The van der Waals surface area contributed by atoms with Crippen LogP contribution in [-0.2, 0) is 6.54 Å². The maximum Gasteiger partial charge on any atom is 0.137 e. The molecule has 2 aromatic carbocycles. The number of fused-ring (bicyclic) bond motifs is 1. The van der Waals surface area contributed by atoms with Gasteiger partial charge in [-0.25, -0.2) is 9.97 Å². The number of nitriles is 1. The van der Waals surface area contributed by atoms with Crippen LogP contribution in [0, 0.1) is 18.3 Å². The first-order valence-electron chi connectivity index (χ1n) is 9.39. The van der Waals surface area contributed by atoms with E-state index in [1.807, 2.05) is 18.2 Å². The molecule has 0 atom stereocenters. The fourth-order valence-electron chi connectivity index (χ4n) is 3.50. The summed E-state index contributed by atoms with van der Waals surface area (Å²) in [6.07, 6.45) is 1.54. The third-order valence-electron chi connectivity index (χ3n) is 4.94. The lowest BCUT2D eigenvalue weighted by Crippen LogP contribution is -2.12. The van der Waals surface area contributed by atoms with Gasteiger partial charge in [0, 0.05) is 35.9 Å². The quantitative estimate of drug-likeness (QED) is 0.534. The van der Waals surface area contributed by atoms with Crippen LogP contribution in [0.1, 0.15) is 11.3 Å². The van der Waals surface area contributed by atoms with Gasteiger partial charge < -0.3 is 14.6 Å². The Hall–Kier alpha value is -3.85. The van der Waals surface area contributed by atoms with E-state index in [9.17, 15) is 0 Å². The molecule has 0 amide bonds. The van der Waals surface area contributed by atoms with Gasteiger partial charge in [0.15, 0.2) is 0 Å². The second-order valence-electron chi connectivity index (χ2n) is 6.74. The van der Waals surface area contributed by atoms with E-state index in [4.69, 9.17) is 10.00 Å². The maximum atomic E-state index is 9.15. The Bertz CT molecular complexity index is 1210. The Kier molecular flexibility index (Phi) is 5.12. The van der Waals surface area contributed by atoms with Crippen molar-refractivity contribution in [1.29, 1.82) is 5.26 Å². The second kappa shape index (κ2) is 8.03. The van der Waals surface area contributed by atoms with Crippen LogP contribution in [0.25, 0.3) is 22.2 Å². The van der Waals surface area contributed by atoms with Crippen LogP contribution in [-0.4, -0.2) is 28.2 Å². The lowest BCUT2D eigenvalue weighted by atomic mass is 10.1. The Labute approximate surface area is 169 Å². The molecule has 0 radical (unpaired) electrons. The van der Waals surface area contributed by atoms with Crippen molar-refractivity contribution in [3.8, 4) is 23.1 Å². The zero-order valence-electron chi connectivity index (χ0n) is 16.4. The van der Waals surface area contributed by atoms with E-state index in [2.05, 4.69) is 63.2 Å². The molecule has 0 bridgehead atoms. The van der Waals surface area contributed by atoms with Crippen molar-refractivity contribution in [1.82, 2.24) is 14.5 Å². The lowest BCUT2D eigenvalue weighted by molar-refractivity contribution is 0.413. The van der Waals surface area contributed by atoms with Crippen LogP contribution in [0.2, 0.25) is 0 Å². The molecule has 0 aliphatic rings. The molecule has 4 rings (SSSR count). The zero-order valence-corrected chi connectivity index (χ0v) is 16.4. The molecule has 0 aliphatic heterocycles. The average molecular weight is 383 g/mol. The van der Waals surface area contributed by atoms with Crippen molar-refractivity contribution in [3.05, 3.63) is 72.2 Å². The van der Waals surface area contributed by atoms with Gasteiger partial charge in [0.25, 0.3) is 0 Å². The number of benzene rings is 2. The van der Waals surface area contributed by atoms with Crippen molar-refractivity contribution in [2.45, 2.75) is 13.5 Å². The first kappa shape index (κ1) is 18.5. The molecular formula is C23H21N5O. The summed E-state index contributed by atoms with van der Waals surface area (Å²) in [6, 6.07) is 20.1. The molecule has 4 aromatic rings. The van der Waals surface area contributed by atoms with E-state index < -0.39 is 0 Å². The van der Waals surface area contributed by atoms with Crippen LogP contribution in [0.3, 0.4) is 0 Å². The van der Waals surface area contributed by atoms with Crippen molar-refractivity contribution in [2.75, 3.05) is 19.0 Å². The van der Waals surface area contributed by atoms with Crippen LogP contribution >= 0.6 is 0 Å². The van der Waals surface area contributed by atoms with Gasteiger partial charge in [-0.1, -0.05) is 24.3 Å². The fourth-order valence-corrected chi connectivity index (χ4v) is 3.50. The van der Waals surface area contributed by atoms with Crippen molar-refractivity contribution in [2.24, 2.45) is 0 Å². The first-order chi connectivity index (χ1) is 14.2. The van der Waals surface area contributed by atoms with Crippen molar-refractivity contribution in [3.63, 3.8) is 0 Å². The molecule has 2 heterocycles. The number of methoxy groups -OCH3 is 1. The van der Waals surface area contributed by atoms with Crippen LogP contribution in [0.5, 0.6) is 5.75 Å². The molecule has 0 fully saturated rings. The van der Waals surface area contributed by atoms with Crippen molar-refractivity contribution >= 4 is 16.7 Å². The number of nitrogens with zero attached hydrogens (tertiary/aromatic N) is 4. The van der Waals surface area contributed by atoms with E-state index >= 15 is 0 Å². The molecule has 29 heavy (non-hydrogen) atoms. The monoisotopic (exact) mass is 383 g/mol. The highest BCUT2D eigenvalue weighted by atomic mass is 16.5. The predicted octanol–water partition coefficient (Wildman–Crippen LogP) is 4.40. The smallest absolute Gasteiger partial charge is 0.137 e. The average Bonchev–Trinajstić information content (AvgIpc) is 3.08. The minimum absolute atomic E-state index is 0.498. The summed E-state index contributed by atoms with van der Waals surface area (Å²) in [4.78, 5) is 8.69. The van der Waals surface area contributed by atoms with Crippen molar-refractivity contribution < 1.29 is 4.74 Å². The number of nitrogens with one attached hydrogen (secondary N) is 1. The van der Waals surface area contributed by atoms with E-state index in [-0.39, 0.29) is 0 Å². The van der Waals surface area contributed by atoms with Gasteiger partial charge in [0.2, 0.25) is 0 Å². The summed E-state index contributed by atoms with van der Waals surface area (Å²) in [6.45, 7) is 3.71. The molecule has 0 unspecified atom stereocenters. The largest absolute Gasteiger partial charge is 0.495 e. The standard InChI is InChI=1S/C23H21N5O/c1-16-11-18-5-3-4-6-21(18)28(16)10-9-25-23-13-20(26-15-27-23)17-7-8-19(14-24)22(12-17)29-2/h3-8,11-13,15H,9-10H2,1-2H3,(H,25,26,27). The molecule has 0 saturated carbocycles. The molecule has 6 heteroatoms. The summed E-state index contributed by atoms with van der Waals surface area (Å²) < 4.78 is 7.60. The minimum Gasteiger partial charge on any atom is -0.495 e. The van der Waals surface area contributed by atoms with Crippen LogP contribution < -0.4 is 10.1 Å². The molecule has 6 nitrogen and oxygen atoms in total. The summed E-state index contributed by atoms with van der Waals surface area (Å²) >= 11 is 0. The van der Waals surface area contributed by atoms with Gasteiger partial charge in [0.05, 0.1) is 18.4 Å².